The highest BCUT2D eigenvalue weighted by molar-refractivity contribution is 9.10. The molecule has 0 fully saturated rings. The Labute approximate surface area is 84.9 Å². The van der Waals surface area contributed by atoms with E-state index in [0.29, 0.717) is 12.1 Å². The molecule has 4 heteroatoms. The summed E-state index contributed by atoms with van der Waals surface area (Å²) in [5.74, 6) is -0.909. The van der Waals surface area contributed by atoms with E-state index in [2.05, 4.69) is 20.9 Å². The summed E-state index contributed by atoms with van der Waals surface area (Å²) in [5.41, 5.74) is 0.532. The Kier molecular flexibility index (Phi) is 3.03. The maximum atomic E-state index is 11.0. The highest BCUT2D eigenvalue weighted by Crippen LogP contribution is 2.33. The average Bonchev–Trinajstić information content (AvgIpc) is 2.17. The standard InChI is InChI=1S/C9H10BrNO2/c1-2-9(10,8(12)13)7-5-3-4-6-11-7/h3-6H,2H2,1H3,(H,12,13). The van der Waals surface area contributed by atoms with Crippen molar-refractivity contribution in [2.24, 2.45) is 0 Å². The summed E-state index contributed by atoms with van der Waals surface area (Å²) < 4.78 is -1.05. The van der Waals surface area contributed by atoms with E-state index in [4.69, 9.17) is 5.11 Å². The van der Waals surface area contributed by atoms with Gasteiger partial charge in [-0.05, 0) is 18.6 Å². The van der Waals surface area contributed by atoms with Crippen LogP contribution in [0.2, 0.25) is 0 Å². The SMILES string of the molecule is CCC(Br)(C(=O)O)c1ccccn1. The molecule has 0 aliphatic rings. The first kappa shape index (κ1) is 10.2. The quantitative estimate of drug-likeness (QED) is 0.829. The number of carbonyl (C=O) groups is 1. The molecule has 0 saturated carbocycles. The van der Waals surface area contributed by atoms with Crippen LogP contribution in [-0.2, 0) is 9.12 Å². The van der Waals surface area contributed by atoms with Crippen molar-refractivity contribution in [2.45, 2.75) is 17.7 Å². The fourth-order valence-corrected chi connectivity index (χ4v) is 1.27. The van der Waals surface area contributed by atoms with Crippen LogP contribution in [0, 0.1) is 0 Å². The number of halogens is 1. The minimum atomic E-state index is -1.05. The molecule has 1 heterocycles. The van der Waals surface area contributed by atoms with E-state index in [9.17, 15) is 4.79 Å². The summed E-state index contributed by atoms with van der Waals surface area (Å²) in [6.07, 6.45) is 2.04. The molecule has 0 spiro atoms. The van der Waals surface area contributed by atoms with Crippen LogP contribution in [0.3, 0.4) is 0 Å². The summed E-state index contributed by atoms with van der Waals surface area (Å²) in [4.78, 5) is 15.0. The molecule has 3 nitrogen and oxygen atoms in total. The van der Waals surface area contributed by atoms with Crippen molar-refractivity contribution in [2.75, 3.05) is 0 Å². The molecular formula is C9H10BrNO2. The Morgan fingerprint density at radius 2 is 2.38 bits per heavy atom. The van der Waals surface area contributed by atoms with Crippen LogP contribution in [0.25, 0.3) is 0 Å². The molecule has 0 aromatic carbocycles. The van der Waals surface area contributed by atoms with E-state index in [1.165, 1.54) is 0 Å². The summed E-state index contributed by atoms with van der Waals surface area (Å²) in [5, 5.41) is 9.00. The molecule has 1 aromatic heterocycles. The van der Waals surface area contributed by atoms with Gasteiger partial charge < -0.3 is 5.11 Å². The number of pyridine rings is 1. The molecule has 0 aliphatic heterocycles. The third kappa shape index (κ3) is 1.88. The minimum absolute atomic E-state index is 0.458. The predicted molar refractivity (Wildman–Crippen MR) is 52.8 cm³/mol. The Bertz CT molecular complexity index is 302. The van der Waals surface area contributed by atoms with Gasteiger partial charge >= 0.3 is 5.97 Å². The van der Waals surface area contributed by atoms with Crippen LogP contribution in [0.5, 0.6) is 0 Å². The van der Waals surface area contributed by atoms with Crippen molar-refractivity contribution in [3.63, 3.8) is 0 Å². The zero-order valence-electron chi connectivity index (χ0n) is 7.20. The molecule has 0 aliphatic carbocycles. The summed E-state index contributed by atoms with van der Waals surface area (Å²) >= 11 is 3.19. The fraction of sp³-hybridized carbons (Fsp3) is 0.333. The lowest BCUT2D eigenvalue weighted by Gasteiger charge is -2.19. The zero-order chi connectivity index (χ0) is 9.90. The molecule has 13 heavy (non-hydrogen) atoms. The Morgan fingerprint density at radius 3 is 2.77 bits per heavy atom. The largest absolute Gasteiger partial charge is 0.480 e. The highest BCUT2D eigenvalue weighted by atomic mass is 79.9. The van der Waals surface area contributed by atoms with E-state index in [0.717, 1.165) is 0 Å². The van der Waals surface area contributed by atoms with Crippen LogP contribution < -0.4 is 0 Å². The first-order chi connectivity index (χ1) is 6.11. The number of nitrogens with zero attached hydrogens (tertiary/aromatic N) is 1. The van der Waals surface area contributed by atoms with Crippen molar-refractivity contribution < 1.29 is 9.90 Å². The van der Waals surface area contributed by atoms with Gasteiger partial charge in [0.05, 0.1) is 5.69 Å². The molecule has 0 bridgehead atoms. The Hall–Kier alpha value is -0.900. The topological polar surface area (TPSA) is 50.2 Å². The van der Waals surface area contributed by atoms with Gasteiger partial charge in [0, 0.05) is 6.20 Å². The zero-order valence-corrected chi connectivity index (χ0v) is 8.78. The second-order valence-electron chi connectivity index (χ2n) is 2.67. The molecular weight excluding hydrogens is 234 g/mol. The molecule has 1 rings (SSSR count). The second kappa shape index (κ2) is 3.87. The molecule has 1 N–H and O–H groups in total. The maximum absolute atomic E-state index is 11.0. The van der Waals surface area contributed by atoms with Gasteiger partial charge in [-0.2, -0.15) is 0 Å². The van der Waals surface area contributed by atoms with Gasteiger partial charge in [-0.3, -0.25) is 9.78 Å². The Morgan fingerprint density at radius 1 is 1.69 bits per heavy atom. The number of hydrogen-bond donors (Lipinski definition) is 1. The van der Waals surface area contributed by atoms with E-state index >= 15 is 0 Å². The van der Waals surface area contributed by atoms with Crippen LogP contribution in [0.15, 0.2) is 24.4 Å². The number of carboxylic acid groups (broad SMARTS) is 1. The number of aliphatic carboxylic acids is 1. The molecule has 0 saturated heterocycles. The molecule has 1 atom stereocenters. The average molecular weight is 244 g/mol. The summed E-state index contributed by atoms with van der Waals surface area (Å²) in [6, 6.07) is 5.23. The lowest BCUT2D eigenvalue weighted by atomic mass is 10.0. The molecule has 1 unspecified atom stereocenters. The van der Waals surface area contributed by atoms with Crippen molar-refractivity contribution >= 4 is 21.9 Å². The Balaban J connectivity index is 3.11. The lowest BCUT2D eigenvalue weighted by Crippen LogP contribution is -2.29. The predicted octanol–water partition coefficient (Wildman–Crippen LogP) is 2.17. The summed E-state index contributed by atoms with van der Waals surface area (Å²) in [6.45, 7) is 1.80. The maximum Gasteiger partial charge on any atom is 0.326 e. The van der Waals surface area contributed by atoms with Crippen LogP contribution in [0.4, 0.5) is 0 Å². The molecule has 0 radical (unpaired) electrons. The van der Waals surface area contributed by atoms with Gasteiger partial charge in [0.2, 0.25) is 0 Å². The monoisotopic (exact) mass is 243 g/mol. The van der Waals surface area contributed by atoms with Crippen molar-refractivity contribution in [1.82, 2.24) is 4.98 Å². The summed E-state index contributed by atoms with van der Waals surface area (Å²) in [7, 11) is 0. The fourth-order valence-electron chi connectivity index (χ4n) is 1.04. The van der Waals surface area contributed by atoms with Gasteiger partial charge in [0.15, 0.2) is 4.32 Å². The number of alkyl halides is 1. The van der Waals surface area contributed by atoms with Crippen LogP contribution in [-0.4, -0.2) is 16.1 Å². The van der Waals surface area contributed by atoms with E-state index in [1.807, 2.05) is 0 Å². The third-order valence-electron chi connectivity index (χ3n) is 1.90. The normalized spacial score (nSPS) is 14.9. The molecule has 70 valence electrons. The van der Waals surface area contributed by atoms with Crippen molar-refractivity contribution in [3.05, 3.63) is 30.1 Å². The van der Waals surface area contributed by atoms with Crippen LogP contribution >= 0.6 is 15.9 Å². The van der Waals surface area contributed by atoms with Crippen molar-refractivity contribution in [3.8, 4) is 0 Å². The second-order valence-corrected chi connectivity index (χ2v) is 4.03. The number of hydrogen-bond acceptors (Lipinski definition) is 2. The lowest BCUT2D eigenvalue weighted by molar-refractivity contribution is -0.140. The van der Waals surface area contributed by atoms with Gasteiger partial charge in [0.1, 0.15) is 0 Å². The first-order valence-electron chi connectivity index (χ1n) is 3.95. The van der Waals surface area contributed by atoms with E-state index in [1.54, 1.807) is 31.3 Å². The van der Waals surface area contributed by atoms with Gasteiger partial charge in [0.25, 0.3) is 0 Å². The number of carboxylic acids is 1. The molecule has 1 aromatic rings. The van der Waals surface area contributed by atoms with Crippen molar-refractivity contribution in [1.29, 1.82) is 0 Å². The van der Waals surface area contributed by atoms with E-state index in [-0.39, 0.29) is 0 Å². The first-order valence-corrected chi connectivity index (χ1v) is 4.74. The smallest absolute Gasteiger partial charge is 0.326 e. The van der Waals surface area contributed by atoms with Gasteiger partial charge in [-0.25, -0.2) is 0 Å². The third-order valence-corrected chi connectivity index (χ3v) is 3.20. The van der Waals surface area contributed by atoms with Gasteiger partial charge in [-0.15, -0.1) is 0 Å². The van der Waals surface area contributed by atoms with Crippen LogP contribution in [0.1, 0.15) is 19.0 Å². The number of aromatic nitrogens is 1. The minimum Gasteiger partial charge on any atom is -0.480 e. The highest BCUT2D eigenvalue weighted by Gasteiger charge is 2.36. The number of rotatable bonds is 3. The molecule has 0 amide bonds. The van der Waals surface area contributed by atoms with Gasteiger partial charge in [-0.1, -0.05) is 28.9 Å². The van der Waals surface area contributed by atoms with E-state index < -0.39 is 10.3 Å².